The predicted octanol–water partition coefficient (Wildman–Crippen LogP) is 24.7. The van der Waals surface area contributed by atoms with E-state index in [0.29, 0.717) is 19.3 Å². The fraction of sp³-hybridized carbons (Fsp3) is 0.827. The first-order chi connectivity index (χ1) is 40.0. The molecule has 0 aliphatic carbocycles. The van der Waals surface area contributed by atoms with Crippen molar-refractivity contribution in [2.45, 2.75) is 386 Å². The number of esters is 3. The molecule has 6 nitrogen and oxygen atoms in total. The van der Waals surface area contributed by atoms with E-state index < -0.39 is 6.10 Å². The Bertz CT molecular complexity index is 1440. The second-order valence-electron chi connectivity index (χ2n) is 24.1. The second-order valence-corrected chi connectivity index (χ2v) is 24.1. The van der Waals surface area contributed by atoms with Gasteiger partial charge in [0, 0.05) is 19.3 Å². The molecule has 1 unspecified atom stereocenters. The van der Waals surface area contributed by atoms with Crippen LogP contribution in [0.15, 0.2) is 60.8 Å². The first kappa shape index (κ1) is 78.1. The van der Waals surface area contributed by atoms with Gasteiger partial charge in [0.1, 0.15) is 13.2 Å². The average Bonchev–Trinajstić information content (AvgIpc) is 3.47. The van der Waals surface area contributed by atoms with Crippen LogP contribution in [-0.4, -0.2) is 37.2 Å². The van der Waals surface area contributed by atoms with Crippen LogP contribution in [0.1, 0.15) is 380 Å². The lowest BCUT2D eigenvalue weighted by Gasteiger charge is -2.18. The van der Waals surface area contributed by atoms with Crippen molar-refractivity contribution in [2.24, 2.45) is 0 Å². The number of carbonyl (C=O) groups excluding carboxylic acids is 3. The fourth-order valence-corrected chi connectivity index (χ4v) is 10.7. The number of unbranched alkanes of at least 4 members (excludes halogenated alkanes) is 45. The van der Waals surface area contributed by atoms with E-state index in [4.69, 9.17) is 14.2 Å². The van der Waals surface area contributed by atoms with E-state index in [9.17, 15) is 14.4 Å². The van der Waals surface area contributed by atoms with Crippen molar-refractivity contribution in [2.75, 3.05) is 13.2 Å². The Labute approximate surface area is 504 Å². The molecule has 0 aliphatic heterocycles. The smallest absolute Gasteiger partial charge is 0.306 e. The molecule has 0 saturated heterocycles. The maximum absolute atomic E-state index is 12.9. The maximum atomic E-state index is 12.9. The standard InChI is InChI=1S/C75H136O6/c1-4-7-10-13-16-19-22-25-28-31-33-34-35-36-37-38-39-40-41-43-44-47-50-53-56-59-62-65-68-74(77)80-71-72(70-79-73(76)67-64-61-58-55-52-49-46-30-27-24-21-18-15-12-9-6-3)81-75(78)69-66-63-60-57-54-51-48-45-42-32-29-26-23-20-17-14-11-8-5-2/h8,11,17,20,26,29-30,42,45-46,72H,4-7,9-10,12-16,18-19,21-25,27-28,31-41,43-44,47-71H2,1-3H3/b11-8-,20-17-,29-26-,45-42-,46-30-. The Morgan fingerprint density at radius 2 is 0.481 bits per heavy atom. The zero-order chi connectivity index (χ0) is 58.5. The van der Waals surface area contributed by atoms with Crippen LogP contribution in [0.25, 0.3) is 0 Å². The van der Waals surface area contributed by atoms with Gasteiger partial charge >= 0.3 is 17.9 Å². The topological polar surface area (TPSA) is 78.9 Å². The molecule has 81 heavy (non-hydrogen) atoms. The van der Waals surface area contributed by atoms with Gasteiger partial charge in [-0.05, 0) is 83.5 Å². The van der Waals surface area contributed by atoms with Gasteiger partial charge in [0.25, 0.3) is 0 Å². The van der Waals surface area contributed by atoms with E-state index in [1.807, 2.05) is 0 Å². The number of ether oxygens (including phenoxy) is 3. The lowest BCUT2D eigenvalue weighted by atomic mass is 10.0. The third-order valence-electron chi connectivity index (χ3n) is 16.0. The summed E-state index contributed by atoms with van der Waals surface area (Å²) in [7, 11) is 0. The highest BCUT2D eigenvalue weighted by Crippen LogP contribution is 2.18. The van der Waals surface area contributed by atoms with Gasteiger partial charge in [0.15, 0.2) is 6.10 Å². The largest absolute Gasteiger partial charge is 0.462 e. The van der Waals surface area contributed by atoms with Gasteiger partial charge in [-0.15, -0.1) is 0 Å². The number of allylic oxidation sites excluding steroid dienone is 10. The SMILES string of the molecule is CC/C=C\C/C=C\C/C=C\C/C=C\CCCCCCCCC(=O)OC(COC(=O)CCCCCCC/C=C\CCCCCCCCC)COC(=O)CCCCCCCCCCCCCCCCCCCCCCCCCCCCCC. The summed E-state index contributed by atoms with van der Waals surface area (Å²) >= 11 is 0. The lowest BCUT2D eigenvalue weighted by molar-refractivity contribution is -0.167. The third kappa shape index (κ3) is 67.8. The minimum atomic E-state index is -0.786. The number of carbonyl (C=O) groups is 3. The summed E-state index contributed by atoms with van der Waals surface area (Å²) in [5, 5.41) is 0. The summed E-state index contributed by atoms with van der Waals surface area (Å²) < 4.78 is 17.0. The minimum absolute atomic E-state index is 0.0792. The van der Waals surface area contributed by atoms with Crippen molar-refractivity contribution < 1.29 is 28.6 Å². The summed E-state index contributed by atoms with van der Waals surface area (Å²) in [5.74, 6) is -0.879. The van der Waals surface area contributed by atoms with E-state index >= 15 is 0 Å². The molecule has 0 aromatic carbocycles. The molecule has 0 radical (unpaired) electrons. The predicted molar refractivity (Wildman–Crippen MR) is 353 cm³/mol. The highest BCUT2D eigenvalue weighted by atomic mass is 16.6. The summed E-state index contributed by atoms with van der Waals surface area (Å²) in [5.41, 5.74) is 0. The Kier molecular flexibility index (Phi) is 67.1. The zero-order valence-electron chi connectivity index (χ0n) is 54.3. The highest BCUT2D eigenvalue weighted by molar-refractivity contribution is 5.71. The molecule has 0 amide bonds. The summed E-state index contributed by atoms with van der Waals surface area (Å²) in [6, 6.07) is 0. The number of rotatable bonds is 66. The molecule has 6 heteroatoms. The van der Waals surface area contributed by atoms with Gasteiger partial charge in [-0.25, -0.2) is 0 Å². The summed E-state index contributed by atoms with van der Waals surface area (Å²) in [4.78, 5) is 38.4. The molecular weight excluding hydrogens is 997 g/mol. The summed E-state index contributed by atoms with van der Waals surface area (Å²) in [6.07, 6.45) is 89.7. The molecule has 0 spiro atoms. The molecule has 0 aromatic heterocycles. The maximum Gasteiger partial charge on any atom is 0.306 e. The van der Waals surface area contributed by atoms with Gasteiger partial charge in [-0.1, -0.05) is 338 Å². The van der Waals surface area contributed by atoms with E-state index in [0.717, 1.165) is 103 Å². The molecule has 0 heterocycles. The monoisotopic (exact) mass is 1130 g/mol. The molecule has 0 saturated carbocycles. The van der Waals surface area contributed by atoms with Crippen LogP contribution in [-0.2, 0) is 28.6 Å². The van der Waals surface area contributed by atoms with E-state index in [1.165, 1.54) is 238 Å². The first-order valence-electron chi connectivity index (χ1n) is 35.8. The zero-order valence-corrected chi connectivity index (χ0v) is 54.3. The van der Waals surface area contributed by atoms with Crippen LogP contribution in [0, 0.1) is 0 Å². The van der Waals surface area contributed by atoms with E-state index in [1.54, 1.807) is 0 Å². The van der Waals surface area contributed by atoms with Crippen molar-refractivity contribution in [1.29, 1.82) is 0 Å². The van der Waals surface area contributed by atoms with Crippen molar-refractivity contribution in [3.05, 3.63) is 60.8 Å². The molecule has 0 aliphatic rings. The van der Waals surface area contributed by atoms with Gasteiger partial charge in [-0.2, -0.15) is 0 Å². The van der Waals surface area contributed by atoms with Gasteiger partial charge in [0.05, 0.1) is 0 Å². The van der Waals surface area contributed by atoms with Gasteiger partial charge in [-0.3, -0.25) is 14.4 Å². The highest BCUT2D eigenvalue weighted by Gasteiger charge is 2.19. The molecule has 0 aromatic rings. The Balaban J connectivity index is 4.26. The molecule has 0 rings (SSSR count). The van der Waals surface area contributed by atoms with Crippen LogP contribution < -0.4 is 0 Å². The van der Waals surface area contributed by atoms with E-state index in [2.05, 4.69) is 81.5 Å². The van der Waals surface area contributed by atoms with Crippen molar-refractivity contribution in [1.82, 2.24) is 0 Å². The van der Waals surface area contributed by atoms with Gasteiger partial charge in [0.2, 0.25) is 0 Å². The Morgan fingerprint density at radius 3 is 0.765 bits per heavy atom. The fourth-order valence-electron chi connectivity index (χ4n) is 10.7. The van der Waals surface area contributed by atoms with Crippen LogP contribution in [0.3, 0.4) is 0 Å². The van der Waals surface area contributed by atoms with Crippen LogP contribution >= 0.6 is 0 Å². The van der Waals surface area contributed by atoms with Crippen molar-refractivity contribution in [3.8, 4) is 0 Å². The van der Waals surface area contributed by atoms with Crippen molar-refractivity contribution >= 4 is 17.9 Å². The Hall–Kier alpha value is -2.89. The van der Waals surface area contributed by atoms with Crippen LogP contribution in [0.2, 0.25) is 0 Å². The Morgan fingerprint density at radius 1 is 0.259 bits per heavy atom. The molecule has 472 valence electrons. The lowest BCUT2D eigenvalue weighted by Crippen LogP contribution is -2.30. The normalized spacial score (nSPS) is 12.4. The van der Waals surface area contributed by atoms with E-state index in [-0.39, 0.29) is 31.1 Å². The number of hydrogen-bond donors (Lipinski definition) is 0. The molecule has 0 fully saturated rings. The molecule has 0 bridgehead atoms. The van der Waals surface area contributed by atoms with Crippen LogP contribution in [0.4, 0.5) is 0 Å². The first-order valence-corrected chi connectivity index (χ1v) is 35.8. The molecule has 0 N–H and O–H groups in total. The second kappa shape index (κ2) is 69.6. The quantitative estimate of drug-likeness (QED) is 0.0261. The van der Waals surface area contributed by atoms with Crippen molar-refractivity contribution in [3.63, 3.8) is 0 Å². The van der Waals surface area contributed by atoms with Gasteiger partial charge < -0.3 is 14.2 Å². The number of hydrogen-bond acceptors (Lipinski definition) is 6. The average molecular weight is 1130 g/mol. The van der Waals surface area contributed by atoms with Crippen LogP contribution in [0.5, 0.6) is 0 Å². The molecule has 1 atom stereocenters. The molecular formula is C75H136O6. The summed E-state index contributed by atoms with van der Waals surface area (Å²) in [6.45, 7) is 6.57. The minimum Gasteiger partial charge on any atom is -0.462 e. The third-order valence-corrected chi connectivity index (χ3v) is 16.0.